The maximum absolute atomic E-state index is 13.3. The molecule has 176 valence electrons. The molecule has 1 amide bonds. The zero-order valence-corrected chi connectivity index (χ0v) is 18.9. The van der Waals surface area contributed by atoms with Crippen molar-refractivity contribution in [2.24, 2.45) is 0 Å². The number of rotatable bonds is 4. The minimum atomic E-state index is -0.357. The Balaban J connectivity index is 1.38. The van der Waals surface area contributed by atoms with E-state index >= 15 is 0 Å². The van der Waals surface area contributed by atoms with Gasteiger partial charge in [0.1, 0.15) is 11.6 Å². The summed E-state index contributed by atoms with van der Waals surface area (Å²) < 4.78 is 26.6. The Bertz CT molecular complexity index is 1130. The number of nitrogens with zero attached hydrogens (tertiary/aromatic N) is 2. The van der Waals surface area contributed by atoms with Crippen molar-refractivity contribution in [3.63, 3.8) is 0 Å². The minimum absolute atomic E-state index is 0.0162. The van der Waals surface area contributed by atoms with Crippen molar-refractivity contribution in [2.75, 3.05) is 26.2 Å². The number of amides is 1. The molecule has 0 aliphatic carbocycles. The lowest BCUT2D eigenvalue weighted by Gasteiger charge is -2.57. The fourth-order valence-corrected chi connectivity index (χ4v) is 5.44. The molecule has 0 bridgehead atoms. The van der Waals surface area contributed by atoms with E-state index < -0.39 is 0 Å². The summed E-state index contributed by atoms with van der Waals surface area (Å²) in [5, 5.41) is 10.2. The molecule has 2 aliphatic heterocycles. The largest absolute Gasteiger partial charge is 0.395 e. The molecule has 0 aromatic heterocycles. The molecule has 2 fully saturated rings. The Morgan fingerprint density at radius 3 is 2.00 bits per heavy atom. The molecule has 3 aromatic rings. The molecular formula is C28H28F2N2O2. The van der Waals surface area contributed by atoms with Gasteiger partial charge in [-0.2, -0.15) is 0 Å². The summed E-state index contributed by atoms with van der Waals surface area (Å²) in [5.41, 5.74) is 3.57. The Labute approximate surface area is 198 Å². The second-order valence-electron chi connectivity index (χ2n) is 9.17. The Morgan fingerprint density at radius 1 is 0.824 bits per heavy atom. The first-order chi connectivity index (χ1) is 16.5. The van der Waals surface area contributed by atoms with E-state index in [0.717, 1.165) is 36.1 Å². The number of carbonyl (C=O) groups is 1. The van der Waals surface area contributed by atoms with Crippen LogP contribution < -0.4 is 0 Å². The zero-order chi connectivity index (χ0) is 23.7. The van der Waals surface area contributed by atoms with Crippen molar-refractivity contribution >= 4 is 5.91 Å². The molecule has 0 saturated carbocycles. The highest BCUT2D eigenvalue weighted by molar-refractivity contribution is 5.94. The van der Waals surface area contributed by atoms with E-state index in [2.05, 4.69) is 17.0 Å². The van der Waals surface area contributed by atoms with Gasteiger partial charge in [-0.15, -0.1) is 0 Å². The third kappa shape index (κ3) is 4.36. The monoisotopic (exact) mass is 462 g/mol. The highest BCUT2D eigenvalue weighted by Gasteiger charge is 2.49. The molecular weight excluding hydrogens is 434 g/mol. The number of aliphatic hydroxyl groups is 1. The smallest absolute Gasteiger partial charge is 0.253 e. The molecule has 0 unspecified atom stereocenters. The van der Waals surface area contributed by atoms with Gasteiger partial charge < -0.3 is 10.0 Å². The summed E-state index contributed by atoms with van der Waals surface area (Å²) in [4.78, 5) is 17.4. The van der Waals surface area contributed by atoms with Crippen molar-refractivity contribution in [1.82, 2.24) is 9.80 Å². The van der Waals surface area contributed by atoms with Crippen LogP contribution >= 0.6 is 0 Å². The van der Waals surface area contributed by atoms with E-state index in [0.29, 0.717) is 18.7 Å². The fraction of sp³-hybridized carbons (Fsp3) is 0.321. The zero-order valence-electron chi connectivity index (χ0n) is 18.9. The first-order valence-corrected chi connectivity index (χ1v) is 11.8. The Hall–Kier alpha value is -3.09. The maximum Gasteiger partial charge on any atom is 0.253 e. The average Bonchev–Trinajstić information content (AvgIpc) is 2.84. The molecule has 0 spiro atoms. The van der Waals surface area contributed by atoms with Crippen molar-refractivity contribution in [2.45, 2.75) is 30.8 Å². The summed E-state index contributed by atoms with van der Waals surface area (Å²) in [6, 6.07) is 20.5. The standard InChI is InChI=1S/C28H28F2N2O2/c29-23-11-7-20(8-12-23)19-3-5-21(6-4-19)27-25-17-31(15-1-2-16-32(25)26(27)18-33)28(34)22-9-13-24(30)14-10-22/h3-14,25-27,33H,1-2,15-18H2/t25-,26+,27-/m0/s1. The number of carbonyl (C=O) groups excluding carboxylic acids is 1. The number of halogens is 2. The van der Waals surface area contributed by atoms with Crippen molar-refractivity contribution in [1.29, 1.82) is 0 Å². The molecule has 3 aromatic carbocycles. The van der Waals surface area contributed by atoms with Gasteiger partial charge in [0.05, 0.1) is 6.61 Å². The number of fused-ring (bicyclic) bond motifs is 1. The lowest BCUT2D eigenvalue weighted by molar-refractivity contribution is -0.0606. The summed E-state index contributed by atoms with van der Waals surface area (Å²) >= 11 is 0. The van der Waals surface area contributed by atoms with Crippen LogP contribution in [0.15, 0.2) is 72.8 Å². The number of hydrogen-bond donors (Lipinski definition) is 1. The van der Waals surface area contributed by atoms with Crippen LogP contribution in [0, 0.1) is 11.6 Å². The van der Waals surface area contributed by atoms with Crippen molar-refractivity contribution in [3.8, 4) is 11.1 Å². The van der Waals surface area contributed by atoms with Gasteiger partial charge in [-0.05, 0) is 72.5 Å². The third-order valence-electron chi connectivity index (χ3n) is 7.22. The molecule has 34 heavy (non-hydrogen) atoms. The van der Waals surface area contributed by atoms with Crippen LogP contribution in [0.2, 0.25) is 0 Å². The molecule has 2 heterocycles. The van der Waals surface area contributed by atoms with E-state index in [4.69, 9.17) is 0 Å². The van der Waals surface area contributed by atoms with E-state index in [9.17, 15) is 18.7 Å². The van der Waals surface area contributed by atoms with Crippen LogP contribution in [-0.2, 0) is 0 Å². The lowest BCUT2D eigenvalue weighted by Crippen LogP contribution is -2.67. The normalized spacial score (nSPS) is 22.9. The van der Waals surface area contributed by atoms with Crippen LogP contribution in [0.25, 0.3) is 11.1 Å². The van der Waals surface area contributed by atoms with Gasteiger partial charge in [-0.3, -0.25) is 9.69 Å². The van der Waals surface area contributed by atoms with E-state index in [1.807, 2.05) is 17.0 Å². The van der Waals surface area contributed by atoms with Gasteiger partial charge in [-0.1, -0.05) is 36.4 Å². The van der Waals surface area contributed by atoms with E-state index in [1.54, 1.807) is 12.1 Å². The first kappa shape index (κ1) is 22.7. The average molecular weight is 463 g/mol. The van der Waals surface area contributed by atoms with Gasteiger partial charge in [0.15, 0.2) is 0 Å². The second kappa shape index (κ2) is 9.65. The Kier molecular flexibility index (Phi) is 6.44. The van der Waals surface area contributed by atoms with Crippen LogP contribution in [0.5, 0.6) is 0 Å². The lowest BCUT2D eigenvalue weighted by atomic mass is 9.74. The number of hydrogen-bond acceptors (Lipinski definition) is 3. The van der Waals surface area contributed by atoms with Gasteiger partial charge in [0.25, 0.3) is 5.91 Å². The van der Waals surface area contributed by atoms with E-state index in [1.165, 1.54) is 36.4 Å². The number of aliphatic hydroxyl groups excluding tert-OH is 1. The van der Waals surface area contributed by atoms with Gasteiger partial charge in [-0.25, -0.2) is 8.78 Å². The topological polar surface area (TPSA) is 43.8 Å². The number of benzene rings is 3. The van der Waals surface area contributed by atoms with Crippen molar-refractivity contribution in [3.05, 3.63) is 95.6 Å². The molecule has 3 atom stereocenters. The molecule has 5 rings (SSSR count). The predicted molar refractivity (Wildman–Crippen MR) is 127 cm³/mol. The van der Waals surface area contributed by atoms with Gasteiger partial charge >= 0.3 is 0 Å². The summed E-state index contributed by atoms with van der Waals surface area (Å²) in [6.45, 7) is 2.20. The minimum Gasteiger partial charge on any atom is -0.395 e. The highest BCUT2D eigenvalue weighted by atomic mass is 19.1. The van der Waals surface area contributed by atoms with Crippen LogP contribution in [0.3, 0.4) is 0 Å². The second-order valence-corrected chi connectivity index (χ2v) is 9.17. The van der Waals surface area contributed by atoms with E-state index in [-0.39, 0.29) is 42.2 Å². The van der Waals surface area contributed by atoms with Crippen LogP contribution in [0.4, 0.5) is 8.78 Å². The fourth-order valence-electron chi connectivity index (χ4n) is 5.44. The molecule has 0 radical (unpaired) electrons. The third-order valence-corrected chi connectivity index (χ3v) is 7.22. The summed E-state index contributed by atoms with van der Waals surface area (Å²) in [7, 11) is 0. The maximum atomic E-state index is 13.3. The molecule has 2 saturated heterocycles. The molecule has 6 heteroatoms. The predicted octanol–water partition coefficient (Wildman–Crippen LogP) is 4.70. The highest BCUT2D eigenvalue weighted by Crippen LogP contribution is 2.42. The van der Waals surface area contributed by atoms with Gasteiger partial charge in [0, 0.05) is 36.7 Å². The van der Waals surface area contributed by atoms with Crippen LogP contribution in [-0.4, -0.2) is 59.1 Å². The molecule has 1 N–H and O–H groups in total. The molecule has 4 nitrogen and oxygen atoms in total. The Morgan fingerprint density at radius 2 is 1.38 bits per heavy atom. The van der Waals surface area contributed by atoms with Crippen molar-refractivity contribution < 1.29 is 18.7 Å². The molecule has 2 aliphatic rings. The SMILES string of the molecule is O=C(c1ccc(F)cc1)N1CCCCN2[C@H](CO)[C@@H](c3ccc(-c4ccc(F)cc4)cc3)[C@@H]2C1. The summed E-state index contributed by atoms with van der Waals surface area (Å²) in [6.07, 6.45) is 1.85. The summed E-state index contributed by atoms with van der Waals surface area (Å²) in [5.74, 6) is -0.595. The van der Waals surface area contributed by atoms with Gasteiger partial charge in [0.2, 0.25) is 0 Å². The first-order valence-electron chi connectivity index (χ1n) is 11.8. The quantitative estimate of drug-likeness (QED) is 0.612. The van der Waals surface area contributed by atoms with Crippen LogP contribution in [0.1, 0.15) is 34.7 Å².